The van der Waals surface area contributed by atoms with Gasteiger partial charge in [0, 0.05) is 57.9 Å². The van der Waals surface area contributed by atoms with E-state index in [4.69, 9.17) is 23.2 Å². The number of alkyl halides is 3. The summed E-state index contributed by atoms with van der Waals surface area (Å²) in [6, 6.07) is 5.12. The molecule has 1 aromatic rings. The molecule has 2 saturated heterocycles. The van der Waals surface area contributed by atoms with Crippen molar-refractivity contribution in [2.45, 2.75) is 25.1 Å². The van der Waals surface area contributed by atoms with Crippen LogP contribution in [-0.2, 0) is 4.79 Å². The standard InChI is InChI=1S/C19H25Cl2F3N4O/c20-15-3-2-14(12-16(15)21)27-8-10-28(11-9-27)18(29)17-13-26(7-5-25-17)6-1-4-19(22,23)24/h2-3,12,17,25H,1,4-11,13H2/t17-/m1/s1. The number of piperazine rings is 2. The Morgan fingerprint density at radius 2 is 1.83 bits per heavy atom. The fraction of sp³-hybridized carbons (Fsp3) is 0.632. The van der Waals surface area contributed by atoms with Crippen LogP contribution in [-0.4, -0.2) is 80.3 Å². The summed E-state index contributed by atoms with van der Waals surface area (Å²) in [4.78, 5) is 18.8. The van der Waals surface area contributed by atoms with Gasteiger partial charge in [0.2, 0.25) is 5.91 Å². The molecule has 5 nitrogen and oxygen atoms in total. The van der Waals surface area contributed by atoms with Crippen LogP contribution >= 0.6 is 23.2 Å². The van der Waals surface area contributed by atoms with Crippen LogP contribution in [0.1, 0.15) is 12.8 Å². The summed E-state index contributed by atoms with van der Waals surface area (Å²) in [5, 5.41) is 4.22. The molecule has 2 fully saturated rings. The Hall–Kier alpha value is -1.22. The number of amides is 1. The Bertz CT molecular complexity index is 711. The monoisotopic (exact) mass is 452 g/mol. The Kier molecular flexibility index (Phi) is 7.53. The fourth-order valence-corrected chi connectivity index (χ4v) is 4.06. The van der Waals surface area contributed by atoms with Gasteiger partial charge in [-0.15, -0.1) is 0 Å². The first kappa shape index (κ1) is 22.5. The van der Waals surface area contributed by atoms with Crippen LogP contribution in [0.15, 0.2) is 18.2 Å². The number of nitrogens with zero attached hydrogens (tertiary/aromatic N) is 3. The van der Waals surface area contributed by atoms with E-state index in [2.05, 4.69) is 10.2 Å². The normalized spacial score (nSPS) is 21.5. The molecule has 3 rings (SSSR count). The van der Waals surface area contributed by atoms with Crippen LogP contribution in [0.4, 0.5) is 18.9 Å². The second-order valence-corrected chi connectivity index (χ2v) is 8.25. The highest BCUT2D eigenvalue weighted by Crippen LogP contribution is 2.28. The van der Waals surface area contributed by atoms with Crippen LogP contribution in [0, 0.1) is 0 Å². The lowest BCUT2D eigenvalue weighted by atomic mass is 10.1. The lowest BCUT2D eigenvalue weighted by Crippen LogP contribution is -2.60. The lowest BCUT2D eigenvalue weighted by Gasteiger charge is -2.40. The third kappa shape index (κ3) is 6.38. The number of nitrogens with one attached hydrogen (secondary N) is 1. The van der Waals surface area contributed by atoms with Gasteiger partial charge in [0.05, 0.1) is 16.1 Å². The van der Waals surface area contributed by atoms with E-state index in [0.717, 1.165) is 5.69 Å². The zero-order chi connectivity index (χ0) is 21.0. The molecular weight excluding hydrogens is 428 g/mol. The minimum atomic E-state index is -4.13. The molecule has 0 aromatic heterocycles. The molecule has 0 radical (unpaired) electrons. The molecule has 1 aromatic carbocycles. The first-order valence-electron chi connectivity index (χ1n) is 9.74. The molecular formula is C19H25Cl2F3N4O. The van der Waals surface area contributed by atoms with E-state index in [1.165, 1.54) is 0 Å². The summed E-state index contributed by atoms with van der Waals surface area (Å²) in [6.07, 6.45) is -4.85. The third-order valence-electron chi connectivity index (χ3n) is 5.35. The van der Waals surface area contributed by atoms with E-state index >= 15 is 0 Å². The van der Waals surface area contributed by atoms with Gasteiger partial charge < -0.3 is 15.1 Å². The van der Waals surface area contributed by atoms with Gasteiger partial charge in [0.25, 0.3) is 0 Å². The number of rotatable bonds is 5. The molecule has 1 N–H and O–H groups in total. The van der Waals surface area contributed by atoms with Crippen LogP contribution in [0.25, 0.3) is 0 Å². The Morgan fingerprint density at radius 1 is 1.10 bits per heavy atom. The quantitative estimate of drug-likeness (QED) is 0.743. The number of carbonyl (C=O) groups is 1. The summed E-state index contributed by atoms with van der Waals surface area (Å²) in [7, 11) is 0. The highest BCUT2D eigenvalue weighted by molar-refractivity contribution is 6.42. The summed E-state index contributed by atoms with van der Waals surface area (Å²) in [5.74, 6) is 0.0132. The number of benzene rings is 1. The molecule has 29 heavy (non-hydrogen) atoms. The maximum absolute atomic E-state index is 12.9. The predicted molar refractivity (Wildman–Crippen MR) is 109 cm³/mol. The Morgan fingerprint density at radius 3 is 2.48 bits per heavy atom. The van der Waals surface area contributed by atoms with E-state index in [1.807, 2.05) is 21.9 Å². The third-order valence-corrected chi connectivity index (χ3v) is 6.09. The van der Waals surface area contributed by atoms with Crippen molar-refractivity contribution in [3.63, 3.8) is 0 Å². The van der Waals surface area contributed by atoms with Gasteiger partial charge in [-0.2, -0.15) is 13.2 Å². The largest absolute Gasteiger partial charge is 0.389 e. The smallest absolute Gasteiger partial charge is 0.368 e. The first-order chi connectivity index (χ1) is 13.7. The van der Waals surface area contributed by atoms with Crippen molar-refractivity contribution in [1.29, 1.82) is 0 Å². The van der Waals surface area contributed by atoms with Crippen molar-refractivity contribution >= 4 is 34.8 Å². The highest BCUT2D eigenvalue weighted by atomic mass is 35.5. The Labute approximate surface area is 178 Å². The van der Waals surface area contributed by atoms with Crippen molar-refractivity contribution < 1.29 is 18.0 Å². The van der Waals surface area contributed by atoms with Crippen molar-refractivity contribution in [3.05, 3.63) is 28.2 Å². The average Bonchev–Trinajstić information content (AvgIpc) is 2.69. The van der Waals surface area contributed by atoms with Gasteiger partial charge in [0.1, 0.15) is 0 Å². The molecule has 0 aliphatic carbocycles. The minimum absolute atomic E-state index is 0.0132. The maximum atomic E-state index is 12.9. The van der Waals surface area contributed by atoms with Crippen LogP contribution in [0.3, 0.4) is 0 Å². The van der Waals surface area contributed by atoms with Gasteiger partial charge in [0.15, 0.2) is 0 Å². The predicted octanol–water partition coefficient (Wildman–Crippen LogP) is 3.26. The first-order valence-corrected chi connectivity index (χ1v) is 10.5. The summed E-state index contributed by atoms with van der Waals surface area (Å²) in [6.45, 7) is 4.62. The molecule has 1 amide bonds. The van der Waals surface area contributed by atoms with Gasteiger partial charge in [-0.3, -0.25) is 9.69 Å². The lowest BCUT2D eigenvalue weighted by molar-refractivity contribution is -0.138. The summed E-state index contributed by atoms with van der Waals surface area (Å²) < 4.78 is 37.0. The van der Waals surface area contributed by atoms with Crippen molar-refractivity contribution in [3.8, 4) is 0 Å². The molecule has 0 bridgehead atoms. The molecule has 2 heterocycles. The Balaban J connectivity index is 1.47. The van der Waals surface area contributed by atoms with E-state index in [-0.39, 0.29) is 18.4 Å². The van der Waals surface area contributed by atoms with Crippen molar-refractivity contribution in [2.75, 3.05) is 57.3 Å². The molecule has 1 atom stereocenters. The van der Waals surface area contributed by atoms with Crippen LogP contribution in [0.2, 0.25) is 10.0 Å². The zero-order valence-electron chi connectivity index (χ0n) is 16.0. The second kappa shape index (κ2) is 9.73. The van der Waals surface area contributed by atoms with Gasteiger partial charge in [-0.25, -0.2) is 0 Å². The van der Waals surface area contributed by atoms with Crippen molar-refractivity contribution in [1.82, 2.24) is 15.1 Å². The second-order valence-electron chi connectivity index (χ2n) is 7.44. The molecule has 0 spiro atoms. The van der Waals surface area contributed by atoms with Crippen LogP contribution < -0.4 is 10.2 Å². The summed E-state index contributed by atoms with van der Waals surface area (Å²) >= 11 is 12.1. The fourth-order valence-electron chi connectivity index (χ4n) is 3.77. The van der Waals surface area contributed by atoms with E-state index < -0.39 is 12.6 Å². The van der Waals surface area contributed by atoms with Crippen LogP contribution in [0.5, 0.6) is 0 Å². The number of carbonyl (C=O) groups excluding carboxylic acids is 1. The topological polar surface area (TPSA) is 38.8 Å². The molecule has 0 saturated carbocycles. The van der Waals surface area contributed by atoms with E-state index in [1.54, 1.807) is 6.07 Å². The minimum Gasteiger partial charge on any atom is -0.368 e. The molecule has 10 heteroatoms. The molecule has 162 valence electrons. The van der Waals surface area contributed by atoms with Gasteiger partial charge in [-0.05, 0) is 31.2 Å². The van der Waals surface area contributed by atoms with E-state index in [9.17, 15) is 18.0 Å². The number of hydrogen-bond acceptors (Lipinski definition) is 4. The average molecular weight is 453 g/mol. The van der Waals surface area contributed by atoms with Gasteiger partial charge in [-0.1, -0.05) is 23.2 Å². The maximum Gasteiger partial charge on any atom is 0.389 e. The zero-order valence-corrected chi connectivity index (χ0v) is 17.5. The summed E-state index contributed by atoms with van der Waals surface area (Å²) in [5.41, 5.74) is 0.970. The number of anilines is 1. The number of halogens is 5. The molecule has 2 aliphatic heterocycles. The number of hydrogen-bond donors (Lipinski definition) is 1. The van der Waals surface area contributed by atoms with Gasteiger partial charge >= 0.3 is 6.18 Å². The van der Waals surface area contributed by atoms with Crippen molar-refractivity contribution in [2.24, 2.45) is 0 Å². The molecule has 2 aliphatic rings. The SMILES string of the molecule is O=C([C@H]1CN(CCCC(F)(F)F)CCN1)N1CCN(c2ccc(Cl)c(Cl)c2)CC1. The molecule has 0 unspecified atom stereocenters. The highest BCUT2D eigenvalue weighted by Gasteiger charge is 2.32. The van der Waals surface area contributed by atoms with E-state index in [0.29, 0.717) is 62.4 Å².